The Hall–Kier alpha value is -3.49. The maximum Gasteiger partial charge on any atom is 0.253 e. The number of aromatic nitrogens is 1. The highest BCUT2D eigenvalue weighted by Crippen LogP contribution is 2.21. The monoisotopic (exact) mass is 490 g/mol. The first-order chi connectivity index (χ1) is 17.0. The number of benzene rings is 2. The summed E-state index contributed by atoms with van der Waals surface area (Å²) in [5.74, 6) is 0.553. The van der Waals surface area contributed by atoms with Crippen molar-refractivity contribution in [2.24, 2.45) is 0 Å². The zero-order chi connectivity index (χ0) is 24.6. The van der Waals surface area contributed by atoms with Crippen LogP contribution in [0, 0.1) is 6.92 Å². The summed E-state index contributed by atoms with van der Waals surface area (Å²) < 4.78 is 5.91. The molecule has 0 aliphatic carbocycles. The van der Waals surface area contributed by atoms with E-state index in [1.165, 1.54) is 6.08 Å². The second-order valence-electron chi connectivity index (χ2n) is 8.53. The summed E-state index contributed by atoms with van der Waals surface area (Å²) in [7, 11) is 2.07. The van der Waals surface area contributed by atoms with E-state index in [2.05, 4.69) is 22.2 Å². The van der Waals surface area contributed by atoms with E-state index >= 15 is 0 Å². The minimum absolute atomic E-state index is 0.0578. The summed E-state index contributed by atoms with van der Waals surface area (Å²) >= 11 is 1.59. The number of thiazole rings is 1. The van der Waals surface area contributed by atoms with Crippen LogP contribution in [0.2, 0.25) is 0 Å². The van der Waals surface area contributed by atoms with Gasteiger partial charge in [0.25, 0.3) is 5.91 Å². The molecule has 35 heavy (non-hydrogen) atoms. The van der Waals surface area contributed by atoms with Crippen LogP contribution < -0.4 is 10.1 Å². The number of carbonyl (C=O) groups excluding carboxylic acids is 2. The standard InChI is InChI=1S/C27H30N4O3S/c1-20-29-24(19-35-20)18-34-25-6-4-3-5-22(25)11-12-26(32)28-17-21-7-9-23(10-8-21)27(33)31-15-13-30(2)14-16-31/h3-12,19H,13-18H2,1-2H3,(H,28,32). The lowest BCUT2D eigenvalue weighted by atomic mass is 10.1. The molecule has 182 valence electrons. The van der Waals surface area contributed by atoms with Crippen molar-refractivity contribution in [2.45, 2.75) is 20.1 Å². The van der Waals surface area contributed by atoms with Crippen LogP contribution in [0.1, 0.15) is 32.2 Å². The third-order valence-corrected chi connectivity index (χ3v) is 6.66. The number of carbonyl (C=O) groups is 2. The van der Waals surface area contributed by atoms with Crippen LogP contribution in [0.25, 0.3) is 6.08 Å². The molecule has 0 atom stereocenters. The average Bonchev–Trinajstić information content (AvgIpc) is 3.30. The molecular formula is C27H30N4O3S. The van der Waals surface area contributed by atoms with Crippen molar-refractivity contribution in [3.8, 4) is 5.75 Å². The first kappa shape index (κ1) is 24.6. The number of aryl methyl sites for hydroxylation is 1. The molecule has 0 unspecified atom stereocenters. The van der Waals surface area contributed by atoms with E-state index in [9.17, 15) is 9.59 Å². The minimum Gasteiger partial charge on any atom is -0.487 e. The lowest BCUT2D eigenvalue weighted by Gasteiger charge is -2.32. The third-order valence-electron chi connectivity index (χ3n) is 5.83. The van der Waals surface area contributed by atoms with Crippen molar-refractivity contribution >= 4 is 29.2 Å². The fourth-order valence-corrected chi connectivity index (χ4v) is 4.34. The Morgan fingerprint density at radius 2 is 1.83 bits per heavy atom. The summed E-state index contributed by atoms with van der Waals surface area (Å²) in [4.78, 5) is 33.6. The van der Waals surface area contributed by atoms with Crippen LogP contribution in [0.4, 0.5) is 0 Å². The molecule has 1 N–H and O–H groups in total. The molecule has 1 aromatic heterocycles. The molecule has 0 spiro atoms. The number of ether oxygens (including phenoxy) is 1. The Kier molecular flexibility index (Phi) is 8.28. The minimum atomic E-state index is -0.201. The maximum atomic E-state index is 12.7. The number of hydrogen-bond donors (Lipinski definition) is 1. The Morgan fingerprint density at radius 3 is 2.54 bits per heavy atom. The fourth-order valence-electron chi connectivity index (χ4n) is 3.75. The Labute approximate surface area is 210 Å². The van der Waals surface area contributed by atoms with Gasteiger partial charge in [-0.3, -0.25) is 9.59 Å². The molecule has 1 aliphatic rings. The van der Waals surface area contributed by atoms with Gasteiger partial charge in [-0.2, -0.15) is 0 Å². The van der Waals surface area contributed by atoms with Gasteiger partial charge in [-0.1, -0.05) is 30.3 Å². The van der Waals surface area contributed by atoms with E-state index < -0.39 is 0 Å². The molecule has 0 saturated carbocycles. The second kappa shape index (κ2) is 11.8. The molecule has 0 bridgehead atoms. The zero-order valence-corrected chi connectivity index (χ0v) is 20.9. The summed E-state index contributed by atoms with van der Waals surface area (Å²) in [6.45, 7) is 6.02. The van der Waals surface area contributed by atoms with Crippen LogP contribution in [0.15, 0.2) is 60.0 Å². The number of amides is 2. The lowest BCUT2D eigenvalue weighted by Crippen LogP contribution is -2.47. The number of hydrogen-bond acceptors (Lipinski definition) is 6. The van der Waals surface area contributed by atoms with E-state index in [4.69, 9.17) is 4.74 Å². The Balaban J connectivity index is 1.27. The lowest BCUT2D eigenvalue weighted by molar-refractivity contribution is -0.116. The van der Waals surface area contributed by atoms with Gasteiger partial charge in [0, 0.05) is 55.3 Å². The molecule has 0 radical (unpaired) electrons. The molecule has 7 nitrogen and oxygen atoms in total. The first-order valence-electron chi connectivity index (χ1n) is 11.6. The van der Waals surface area contributed by atoms with Gasteiger partial charge in [-0.25, -0.2) is 4.98 Å². The number of rotatable bonds is 8. The molecule has 1 aliphatic heterocycles. The quantitative estimate of drug-likeness (QED) is 0.487. The van der Waals surface area contributed by atoms with Crippen molar-refractivity contribution in [3.05, 3.63) is 87.4 Å². The first-order valence-corrected chi connectivity index (χ1v) is 12.5. The number of piperazine rings is 1. The SMILES string of the molecule is Cc1nc(COc2ccccc2C=CC(=O)NCc2ccc(C(=O)N3CCN(C)CC3)cc2)cs1. The van der Waals surface area contributed by atoms with Crippen molar-refractivity contribution in [2.75, 3.05) is 33.2 Å². The molecule has 2 heterocycles. The van der Waals surface area contributed by atoms with Crippen molar-refractivity contribution in [1.82, 2.24) is 20.1 Å². The predicted molar refractivity (Wildman–Crippen MR) is 138 cm³/mol. The van der Waals surface area contributed by atoms with Crippen LogP contribution in [0.5, 0.6) is 5.75 Å². The van der Waals surface area contributed by atoms with Crippen molar-refractivity contribution in [3.63, 3.8) is 0 Å². The van der Waals surface area contributed by atoms with Gasteiger partial charge in [0.15, 0.2) is 0 Å². The number of nitrogens with zero attached hydrogens (tertiary/aromatic N) is 3. The molecule has 1 saturated heterocycles. The Bertz CT molecular complexity index is 1180. The maximum absolute atomic E-state index is 12.7. The number of para-hydroxylation sites is 1. The normalized spacial score (nSPS) is 14.3. The van der Waals surface area contributed by atoms with Gasteiger partial charge >= 0.3 is 0 Å². The van der Waals surface area contributed by atoms with Gasteiger partial charge in [0.1, 0.15) is 12.4 Å². The highest BCUT2D eigenvalue weighted by Gasteiger charge is 2.20. The predicted octanol–water partition coefficient (Wildman–Crippen LogP) is 3.75. The number of likely N-dealkylation sites (N-methyl/N-ethyl adjacent to an activating group) is 1. The van der Waals surface area contributed by atoms with Gasteiger partial charge < -0.3 is 19.9 Å². The molecule has 4 rings (SSSR count). The summed E-state index contributed by atoms with van der Waals surface area (Å²) in [5.41, 5.74) is 3.32. The Morgan fingerprint density at radius 1 is 1.09 bits per heavy atom. The van der Waals surface area contributed by atoms with E-state index in [0.29, 0.717) is 24.5 Å². The highest BCUT2D eigenvalue weighted by atomic mass is 32.1. The number of nitrogens with one attached hydrogen (secondary N) is 1. The summed E-state index contributed by atoms with van der Waals surface area (Å²) in [6.07, 6.45) is 3.25. The smallest absolute Gasteiger partial charge is 0.253 e. The average molecular weight is 491 g/mol. The van der Waals surface area contributed by atoms with Gasteiger partial charge in [0.2, 0.25) is 5.91 Å². The highest BCUT2D eigenvalue weighted by molar-refractivity contribution is 7.09. The molecular weight excluding hydrogens is 460 g/mol. The van der Waals surface area contributed by atoms with Gasteiger partial charge in [-0.15, -0.1) is 11.3 Å². The largest absolute Gasteiger partial charge is 0.487 e. The van der Waals surface area contributed by atoms with E-state index in [0.717, 1.165) is 48.0 Å². The topological polar surface area (TPSA) is 74.8 Å². The van der Waals surface area contributed by atoms with Crippen LogP contribution in [-0.2, 0) is 17.9 Å². The van der Waals surface area contributed by atoms with Crippen LogP contribution in [0.3, 0.4) is 0 Å². The van der Waals surface area contributed by atoms with Crippen LogP contribution >= 0.6 is 11.3 Å². The van der Waals surface area contributed by atoms with Gasteiger partial charge in [-0.05, 0) is 43.8 Å². The van der Waals surface area contributed by atoms with E-state index in [1.807, 2.05) is 65.7 Å². The molecule has 8 heteroatoms. The van der Waals surface area contributed by atoms with Crippen molar-refractivity contribution in [1.29, 1.82) is 0 Å². The van der Waals surface area contributed by atoms with Crippen molar-refractivity contribution < 1.29 is 14.3 Å². The van der Waals surface area contributed by atoms with E-state index in [1.54, 1.807) is 17.4 Å². The molecule has 1 fully saturated rings. The third kappa shape index (κ3) is 7.00. The molecule has 2 aromatic carbocycles. The van der Waals surface area contributed by atoms with E-state index in [-0.39, 0.29) is 11.8 Å². The molecule has 2 amide bonds. The van der Waals surface area contributed by atoms with Gasteiger partial charge in [0.05, 0.1) is 10.7 Å². The molecule has 3 aromatic rings. The van der Waals surface area contributed by atoms with Crippen LogP contribution in [-0.4, -0.2) is 59.8 Å². The fraction of sp³-hybridized carbons (Fsp3) is 0.296. The second-order valence-corrected chi connectivity index (χ2v) is 9.59. The summed E-state index contributed by atoms with van der Waals surface area (Å²) in [5, 5.41) is 5.88. The summed E-state index contributed by atoms with van der Waals surface area (Å²) in [6, 6.07) is 15.0. The zero-order valence-electron chi connectivity index (χ0n) is 20.1.